The number of amides is 2. The highest BCUT2D eigenvalue weighted by molar-refractivity contribution is 5.90. The van der Waals surface area contributed by atoms with Gasteiger partial charge in [-0.3, -0.25) is 0 Å². The van der Waals surface area contributed by atoms with Crippen LogP contribution in [0.4, 0.5) is 10.5 Å². The van der Waals surface area contributed by atoms with Crippen LogP contribution in [0.15, 0.2) is 43.6 Å². The second-order valence-electron chi connectivity index (χ2n) is 3.65. The maximum absolute atomic E-state index is 11.9. The Balaban J connectivity index is 2.71. The number of hydrogen-bond donors (Lipinski definition) is 2. The minimum absolute atomic E-state index is 0.0768. The highest BCUT2D eigenvalue weighted by Crippen LogP contribution is 2.07. The molecule has 0 saturated heterocycles. The Morgan fingerprint density at radius 1 is 1.32 bits per heavy atom. The third kappa shape index (κ3) is 4.27. The lowest BCUT2D eigenvalue weighted by Gasteiger charge is -2.19. The molecule has 0 bridgehead atoms. The van der Waals surface area contributed by atoms with E-state index < -0.39 is 5.97 Å². The number of aromatic nitrogens is 1. The SMILES string of the molecule is C=CCN(CC=C)C(=O)Nc1ccc(C(=O)O)nc1. The summed E-state index contributed by atoms with van der Waals surface area (Å²) in [5.41, 5.74) is 0.347. The zero-order valence-electron chi connectivity index (χ0n) is 10.4. The standard InChI is InChI=1S/C13H15N3O3/c1-3-7-16(8-4-2)13(19)15-10-5-6-11(12(17)18)14-9-10/h3-6,9H,1-2,7-8H2,(H,15,19)(H,17,18). The van der Waals surface area contributed by atoms with E-state index in [2.05, 4.69) is 23.5 Å². The molecule has 1 rings (SSSR count). The molecule has 6 nitrogen and oxygen atoms in total. The molecular weight excluding hydrogens is 246 g/mol. The van der Waals surface area contributed by atoms with Gasteiger partial charge in [0.1, 0.15) is 5.69 Å². The van der Waals surface area contributed by atoms with Crippen LogP contribution < -0.4 is 5.32 Å². The molecule has 19 heavy (non-hydrogen) atoms. The molecule has 1 aromatic heterocycles. The first kappa shape index (κ1) is 14.4. The van der Waals surface area contributed by atoms with E-state index in [9.17, 15) is 9.59 Å². The summed E-state index contributed by atoms with van der Waals surface area (Å²) in [5, 5.41) is 11.3. The molecular formula is C13H15N3O3. The first-order valence-electron chi connectivity index (χ1n) is 5.55. The molecule has 0 aliphatic heterocycles. The Morgan fingerprint density at radius 2 is 1.95 bits per heavy atom. The molecule has 1 aromatic rings. The summed E-state index contributed by atoms with van der Waals surface area (Å²) in [7, 11) is 0. The summed E-state index contributed by atoms with van der Waals surface area (Å²) in [6.45, 7) is 7.91. The van der Waals surface area contributed by atoms with Gasteiger partial charge < -0.3 is 15.3 Å². The van der Waals surface area contributed by atoms with Gasteiger partial charge in [0.05, 0.1) is 11.9 Å². The molecule has 0 aromatic carbocycles. The van der Waals surface area contributed by atoms with Gasteiger partial charge in [0, 0.05) is 13.1 Å². The van der Waals surface area contributed by atoms with Crippen LogP contribution in [0.3, 0.4) is 0 Å². The van der Waals surface area contributed by atoms with Crippen molar-refractivity contribution in [3.05, 3.63) is 49.3 Å². The number of urea groups is 1. The Hall–Kier alpha value is -2.63. The molecule has 1 heterocycles. The molecule has 0 unspecified atom stereocenters. The summed E-state index contributed by atoms with van der Waals surface area (Å²) in [6, 6.07) is 2.47. The molecule has 0 spiro atoms. The fraction of sp³-hybridized carbons (Fsp3) is 0.154. The lowest BCUT2D eigenvalue weighted by atomic mass is 10.3. The number of aromatic carboxylic acids is 1. The largest absolute Gasteiger partial charge is 0.477 e. The number of carboxylic acids is 1. The van der Waals surface area contributed by atoms with E-state index in [0.29, 0.717) is 18.8 Å². The number of carbonyl (C=O) groups is 2. The zero-order valence-corrected chi connectivity index (χ0v) is 10.4. The van der Waals surface area contributed by atoms with Crippen molar-refractivity contribution in [1.82, 2.24) is 9.88 Å². The third-order valence-corrected chi connectivity index (χ3v) is 2.22. The van der Waals surface area contributed by atoms with Crippen LogP contribution in [0, 0.1) is 0 Å². The van der Waals surface area contributed by atoms with Gasteiger partial charge in [-0.1, -0.05) is 12.2 Å². The smallest absolute Gasteiger partial charge is 0.354 e. The summed E-state index contributed by atoms with van der Waals surface area (Å²) < 4.78 is 0. The number of hydrogen-bond acceptors (Lipinski definition) is 3. The quantitative estimate of drug-likeness (QED) is 0.767. The lowest BCUT2D eigenvalue weighted by Crippen LogP contribution is -2.35. The summed E-state index contributed by atoms with van der Waals surface area (Å²) in [6.07, 6.45) is 4.51. The van der Waals surface area contributed by atoms with Crippen LogP contribution in [0.1, 0.15) is 10.5 Å². The Kier molecular flexibility index (Phi) is 5.28. The number of rotatable bonds is 6. The highest BCUT2D eigenvalue weighted by atomic mass is 16.4. The molecule has 0 fully saturated rings. The van der Waals surface area contributed by atoms with Gasteiger partial charge in [-0.05, 0) is 12.1 Å². The number of nitrogens with one attached hydrogen (secondary N) is 1. The van der Waals surface area contributed by atoms with E-state index in [-0.39, 0.29) is 11.7 Å². The van der Waals surface area contributed by atoms with Crippen LogP contribution in [0.2, 0.25) is 0 Å². The van der Waals surface area contributed by atoms with Crippen LogP contribution in [-0.4, -0.2) is 40.1 Å². The van der Waals surface area contributed by atoms with E-state index in [1.807, 2.05) is 0 Å². The summed E-state index contributed by atoms with van der Waals surface area (Å²) >= 11 is 0. The molecule has 2 N–H and O–H groups in total. The molecule has 2 amide bonds. The van der Waals surface area contributed by atoms with Crippen molar-refractivity contribution < 1.29 is 14.7 Å². The Bertz CT molecular complexity index is 472. The van der Waals surface area contributed by atoms with Crippen molar-refractivity contribution in [2.45, 2.75) is 0 Å². The minimum Gasteiger partial charge on any atom is -0.477 e. The number of carboxylic acid groups (broad SMARTS) is 1. The van der Waals surface area contributed by atoms with Crippen LogP contribution in [0.5, 0.6) is 0 Å². The van der Waals surface area contributed by atoms with E-state index in [4.69, 9.17) is 5.11 Å². The maximum atomic E-state index is 11.9. The predicted octanol–water partition coefficient (Wildman–Crippen LogP) is 1.99. The van der Waals surface area contributed by atoms with Crippen molar-refractivity contribution in [1.29, 1.82) is 0 Å². The normalized spacial score (nSPS) is 9.47. The molecule has 0 radical (unpaired) electrons. The monoisotopic (exact) mass is 261 g/mol. The molecule has 0 saturated carbocycles. The predicted molar refractivity (Wildman–Crippen MR) is 72.2 cm³/mol. The van der Waals surface area contributed by atoms with Crippen LogP contribution >= 0.6 is 0 Å². The van der Waals surface area contributed by atoms with Gasteiger partial charge in [0.2, 0.25) is 0 Å². The first-order valence-corrected chi connectivity index (χ1v) is 5.55. The molecule has 0 aliphatic rings. The van der Waals surface area contributed by atoms with Gasteiger partial charge in [0.25, 0.3) is 0 Å². The highest BCUT2D eigenvalue weighted by Gasteiger charge is 2.11. The van der Waals surface area contributed by atoms with Gasteiger partial charge in [-0.25, -0.2) is 14.6 Å². The maximum Gasteiger partial charge on any atom is 0.354 e. The second kappa shape index (κ2) is 6.95. The Morgan fingerprint density at radius 3 is 2.37 bits per heavy atom. The van der Waals surface area contributed by atoms with E-state index in [1.165, 1.54) is 23.2 Å². The van der Waals surface area contributed by atoms with E-state index >= 15 is 0 Å². The average molecular weight is 261 g/mol. The number of pyridine rings is 1. The van der Waals surface area contributed by atoms with E-state index in [1.54, 1.807) is 12.2 Å². The van der Waals surface area contributed by atoms with Gasteiger partial charge in [-0.2, -0.15) is 0 Å². The van der Waals surface area contributed by atoms with Crippen molar-refractivity contribution in [3.8, 4) is 0 Å². The lowest BCUT2D eigenvalue weighted by molar-refractivity contribution is 0.0690. The third-order valence-electron chi connectivity index (χ3n) is 2.22. The number of anilines is 1. The fourth-order valence-corrected chi connectivity index (χ4v) is 1.35. The van der Waals surface area contributed by atoms with Crippen molar-refractivity contribution in [2.24, 2.45) is 0 Å². The van der Waals surface area contributed by atoms with Gasteiger partial charge in [0.15, 0.2) is 0 Å². The molecule has 100 valence electrons. The molecule has 6 heteroatoms. The van der Waals surface area contributed by atoms with Crippen LogP contribution in [-0.2, 0) is 0 Å². The zero-order chi connectivity index (χ0) is 14.3. The van der Waals surface area contributed by atoms with Crippen molar-refractivity contribution in [3.63, 3.8) is 0 Å². The van der Waals surface area contributed by atoms with Gasteiger partial charge >= 0.3 is 12.0 Å². The van der Waals surface area contributed by atoms with Crippen molar-refractivity contribution in [2.75, 3.05) is 18.4 Å². The molecule has 0 aliphatic carbocycles. The van der Waals surface area contributed by atoms with Crippen molar-refractivity contribution >= 4 is 17.7 Å². The number of carbonyl (C=O) groups excluding carboxylic acids is 1. The molecule has 0 atom stereocenters. The first-order chi connectivity index (χ1) is 9.08. The summed E-state index contributed by atoms with van der Waals surface area (Å²) in [5.74, 6) is -1.11. The Labute approximate surface area is 111 Å². The fourth-order valence-electron chi connectivity index (χ4n) is 1.35. The van der Waals surface area contributed by atoms with Crippen LogP contribution in [0.25, 0.3) is 0 Å². The minimum atomic E-state index is -1.11. The summed E-state index contributed by atoms with van der Waals surface area (Å²) in [4.78, 5) is 27.7. The van der Waals surface area contributed by atoms with E-state index in [0.717, 1.165) is 0 Å². The second-order valence-corrected chi connectivity index (χ2v) is 3.65. The number of nitrogens with zero attached hydrogens (tertiary/aromatic N) is 2. The topological polar surface area (TPSA) is 82.5 Å². The van der Waals surface area contributed by atoms with Gasteiger partial charge in [-0.15, -0.1) is 13.2 Å². The average Bonchev–Trinajstić information content (AvgIpc) is 2.39.